The topological polar surface area (TPSA) is 21.7 Å². The fraction of sp³-hybridized carbons (Fsp3) is 0.357. The molecule has 0 bridgehead atoms. The van der Waals surface area contributed by atoms with Crippen molar-refractivity contribution in [1.82, 2.24) is 0 Å². The highest BCUT2D eigenvalue weighted by Crippen LogP contribution is 2.53. The Bertz CT molecular complexity index is 1010. The molecular weight excluding hydrogens is 413 g/mol. The second-order valence-corrected chi connectivity index (χ2v) is 10.1. The first-order valence-electron chi connectivity index (χ1n) is 11.3. The van der Waals surface area contributed by atoms with Crippen LogP contribution in [-0.2, 0) is 11.8 Å². The molecule has 3 nitrogen and oxygen atoms in total. The van der Waals surface area contributed by atoms with E-state index in [1.807, 2.05) is 24.3 Å². The average molecular weight is 450 g/mol. The molecule has 0 spiro atoms. The van der Waals surface area contributed by atoms with Crippen LogP contribution in [0.3, 0.4) is 0 Å². The number of hydrogen-bond acceptors (Lipinski definition) is 3. The van der Waals surface area contributed by atoms with Crippen LogP contribution in [0.2, 0.25) is 0 Å². The number of anilines is 1. The van der Waals surface area contributed by atoms with Gasteiger partial charge in [-0.1, -0.05) is 77.0 Å². The van der Waals surface area contributed by atoms with Gasteiger partial charge in [-0.2, -0.15) is 0 Å². The molecule has 3 rings (SSSR count). The predicted octanol–water partition coefficient (Wildman–Crippen LogP) is 6.67. The number of rotatable bonds is 10. The lowest BCUT2D eigenvalue weighted by Crippen LogP contribution is -2.26. The summed E-state index contributed by atoms with van der Waals surface area (Å²) in [5.74, 6) is 1.67. The molecule has 0 amide bonds. The summed E-state index contributed by atoms with van der Waals surface area (Å²) < 4.78 is 12.2. The molecule has 0 saturated carbocycles. The molecule has 170 valence electrons. The first kappa shape index (κ1) is 24.1. The molecule has 0 fully saturated rings. The summed E-state index contributed by atoms with van der Waals surface area (Å²) in [7, 11) is 6.60. The van der Waals surface area contributed by atoms with Crippen LogP contribution in [0.15, 0.2) is 66.7 Å². The predicted molar refractivity (Wildman–Crippen MR) is 139 cm³/mol. The van der Waals surface area contributed by atoms with Gasteiger partial charge >= 0.3 is 0 Å². The highest BCUT2D eigenvalue weighted by Gasteiger charge is 2.34. The minimum absolute atomic E-state index is 0.0303. The highest BCUT2D eigenvalue weighted by atomic mass is 31.1. The van der Waals surface area contributed by atoms with E-state index < -0.39 is 0 Å². The minimum Gasteiger partial charge on any atom is -0.493 e. The van der Waals surface area contributed by atoms with Gasteiger partial charge in [-0.15, -0.1) is 0 Å². The first-order valence-corrected chi connectivity index (χ1v) is 12.3. The Labute approximate surface area is 195 Å². The monoisotopic (exact) mass is 449 g/mol. The molecule has 0 aromatic heterocycles. The van der Waals surface area contributed by atoms with Crippen molar-refractivity contribution in [2.24, 2.45) is 0 Å². The molecule has 0 N–H and O–H groups in total. The van der Waals surface area contributed by atoms with Gasteiger partial charge in [-0.3, -0.25) is 0 Å². The Morgan fingerprint density at radius 2 is 1.56 bits per heavy atom. The lowest BCUT2D eigenvalue weighted by atomic mass is 9.91. The van der Waals surface area contributed by atoms with Crippen molar-refractivity contribution in [1.29, 1.82) is 0 Å². The summed E-state index contributed by atoms with van der Waals surface area (Å²) in [5.41, 5.74) is 5.03. The molecule has 4 heteroatoms. The zero-order valence-corrected chi connectivity index (χ0v) is 21.2. The molecule has 1 atom stereocenters. The number of hydrogen-bond donors (Lipinski definition) is 0. The molecule has 0 aliphatic rings. The number of methoxy groups -OCH3 is 1. The standard InChI is InChI=1S/C28H36NO2P/c1-7-28(8-2,32-27-21(3)14-12-18-24(27)29(4)5)23-17-13-19-25(30-6)26(23)31-20-22-15-10-9-11-16-22/h9-19,32H,7-8,20H2,1-6H3. The molecule has 0 aliphatic carbocycles. The summed E-state index contributed by atoms with van der Waals surface area (Å²) in [5, 5.41) is 1.40. The van der Waals surface area contributed by atoms with E-state index >= 15 is 0 Å². The lowest BCUT2D eigenvalue weighted by molar-refractivity contribution is 0.277. The van der Waals surface area contributed by atoms with Crippen LogP contribution in [0.25, 0.3) is 0 Å². The SMILES string of the molecule is CCC(CC)(Pc1c(C)cccc1N(C)C)c1cccc(OC)c1OCc1ccccc1. The van der Waals surface area contributed by atoms with Gasteiger partial charge in [-0.25, -0.2) is 0 Å². The normalized spacial score (nSPS) is 11.7. The zero-order chi connectivity index (χ0) is 23.1. The van der Waals surface area contributed by atoms with Gasteiger partial charge in [0.25, 0.3) is 0 Å². The van der Waals surface area contributed by atoms with Crippen LogP contribution in [0.5, 0.6) is 11.5 Å². The van der Waals surface area contributed by atoms with Crippen LogP contribution < -0.4 is 19.7 Å². The molecule has 0 radical (unpaired) electrons. The second-order valence-electron chi connectivity index (χ2n) is 8.39. The van der Waals surface area contributed by atoms with Crippen molar-refractivity contribution in [3.8, 4) is 11.5 Å². The summed E-state index contributed by atoms with van der Waals surface area (Å²) in [4.78, 5) is 2.23. The molecular formula is C28H36NO2P. The number of para-hydroxylation sites is 1. The molecule has 32 heavy (non-hydrogen) atoms. The van der Waals surface area contributed by atoms with Crippen LogP contribution in [-0.4, -0.2) is 21.2 Å². The average Bonchev–Trinajstić information content (AvgIpc) is 2.82. The van der Waals surface area contributed by atoms with Crippen LogP contribution in [0.1, 0.15) is 43.4 Å². The minimum atomic E-state index is -0.0303. The van der Waals surface area contributed by atoms with Crippen molar-refractivity contribution in [2.45, 2.75) is 45.4 Å². The van der Waals surface area contributed by atoms with E-state index in [1.165, 1.54) is 22.1 Å². The van der Waals surface area contributed by atoms with Crippen molar-refractivity contribution in [3.05, 3.63) is 83.4 Å². The van der Waals surface area contributed by atoms with Crippen LogP contribution >= 0.6 is 8.58 Å². The molecule has 0 heterocycles. The van der Waals surface area contributed by atoms with Gasteiger partial charge in [0.1, 0.15) is 6.61 Å². The molecule has 3 aromatic rings. The van der Waals surface area contributed by atoms with Gasteiger partial charge in [0.05, 0.1) is 7.11 Å². The molecule has 3 aromatic carbocycles. The smallest absolute Gasteiger partial charge is 0.165 e. The summed E-state index contributed by atoms with van der Waals surface area (Å²) in [6.45, 7) is 7.34. The Balaban J connectivity index is 2.08. The Morgan fingerprint density at radius 3 is 2.19 bits per heavy atom. The highest BCUT2D eigenvalue weighted by molar-refractivity contribution is 7.49. The Morgan fingerprint density at radius 1 is 0.875 bits per heavy atom. The lowest BCUT2D eigenvalue weighted by Gasteiger charge is -2.36. The first-order chi connectivity index (χ1) is 15.5. The molecule has 0 aliphatic heterocycles. The van der Waals surface area contributed by atoms with Crippen molar-refractivity contribution in [3.63, 3.8) is 0 Å². The van der Waals surface area contributed by atoms with E-state index in [2.05, 4.69) is 82.2 Å². The third-order valence-corrected chi connectivity index (χ3v) is 8.60. The second kappa shape index (κ2) is 10.9. The van der Waals surface area contributed by atoms with Crippen molar-refractivity contribution >= 4 is 19.6 Å². The van der Waals surface area contributed by atoms with Gasteiger partial charge in [0.2, 0.25) is 0 Å². The van der Waals surface area contributed by atoms with Gasteiger partial charge < -0.3 is 14.4 Å². The Hall–Kier alpha value is -2.51. The fourth-order valence-corrected chi connectivity index (χ4v) is 6.11. The number of ether oxygens (including phenoxy) is 2. The number of benzene rings is 3. The van der Waals surface area contributed by atoms with Crippen LogP contribution in [0.4, 0.5) is 5.69 Å². The largest absolute Gasteiger partial charge is 0.493 e. The third kappa shape index (κ3) is 5.10. The van der Waals surface area contributed by atoms with Crippen LogP contribution in [0, 0.1) is 6.92 Å². The van der Waals surface area contributed by atoms with Crippen molar-refractivity contribution in [2.75, 3.05) is 26.1 Å². The quantitative estimate of drug-likeness (QED) is 0.323. The van der Waals surface area contributed by atoms with E-state index in [1.54, 1.807) is 7.11 Å². The summed E-state index contributed by atoms with van der Waals surface area (Å²) >= 11 is 0. The van der Waals surface area contributed by atoms with Gasteiger partial charge in [-0.05, 0) is 48.3 Å². The van der Waals surface area contributed by atoms with E-state index in [4.69, 9.17) is 9.47 Å². The third-order valence-electron chi connectivity index (χ3n) is 6.24. The maximum atomic E-state index is 6.47. The summed E-state index contributed by atoms with van der Waals surface area (Å²) in [6.07, 6.45) is 2.05. The number of aryl methyl sites for hydroxylation is 1. The van der Waals surface area contributed by atoms with Crippen molar-refractivity contribution < 1.29 is 9.47 Å². The summed E-state index contributed by atoms with van der Waals surface area (Å²) in [6, 6.07) is 23.3. The fourth-order valence-electron chi connectivity index (χ4n) is 4.23. The zero-order valence-electron chi connectivity index (χ0n) is 20.2. The van der Waals surface area contributed by atoms with E-state index in [0.717, 1.165) is 29.9 Å². The Kier molecular flexibility index (Phi) is 8.21. The van der Waals surface area contributed by atoms with E-state index in [0.29, 0.717) is 15.2 Å². The molecule has 0 saturated heterocycles. The maximum Gasteiger partial charge on any atom is 0.165 e. The van der Waals surface area contributed by atoms with E-state index in [9.17, 15) is 0 Å². The molecule has 1 unspecified atom stereocenters. The number of nitrogens with zero attached hydrogens (tertiary/aromatic N) is 1. The van der Waals surface area contributed by atoms with E-state index in [-0.39, 0.29) is 5.16 Å². The van der Waals surface area contributed by atoms with Gasteiger partial charge in [0.15, 0.2) is 11.5 Å². The van der Waals surface area contributed by atoms with Gasteiger partial charge in [0, 0.05) is 30.5 Å². The maximum absolute atomic E-state index is 6.47.